The molecule has 2 unspecified atom stereocenters. The number of ether oxygens (including phenoxy) is 1. The van der Waals surface area contributed by atoms with Crippen molar-refractivity contribution in [2.24, 2.45) is 5.92 Å². The first-order chi connectivity index (χ1) is 11.8. The van der Waals surface area contributed by atoms with E-state index in [-0.39, 0.29) is 6.10 Å². The van der Waals surface area contributed by atoms with Crippen LogP contribution in [-0.4, -0.2) is 45.9 Å². The van der Waals surface area contributed by atoms with E-state index in [1.54, 1.807) is 17.5 Å². The van der Waals surface area contributed by atoms with Crippen LogP contribution in [-0.2, 0) is 24.1 Å². The number of rotatable bonds is 4. The Bertz CT molecular complexity index is 684. The topological polar surface area (TPSA) is 43.2 Å². The zero-order valence-electron chi connectivity index (χ0n) is 14.4. The fraction of sp³-hybridized carbons (Fsp3) is 0.579. The maximum absolute atomic E-state index is 5.98. The molecule has 0 radical (unpaired) electrons. The summed E-state index contributed by atoms with van der Waals surface area (Å²) in [5.41, 5.74) is 3.09. The molecular weight excluding hydrogens is 300 g/mol. The van der Waals surface area contributed by atoms with Crippen molar-refractivity contribution in [3.63, 3.8) is 0 Å². The summed E-state index contributed by atoms with van der Waals surface area (Å²) in [6.07, 6.45) is 5.58. The van der Waals surface area contributed by atoms with Gasteiger partial charge in [0.15, 0.2) is 5.82 Å². The molecule has 24 heavy (non-hydrogen) atoms. The van der Waals surface area contributed by atoms with E-state index in [0.29, 0.717) is 0 Å². The van der Waals surface area contributed by atoms with Crippen LogP contribution in [0.4, 0.5) is 0 Å². The van der Waals surface area contributed by atoms with Crippen LogP contribution >= 0.6 is 0 Å². The average molecular weight is 326 g/mol. The van der Waals surface area contributed by atoms with Crippen molar-refractivity contribution in [3.05, 3.63) is 47.5 Å². The van der Waals surface area contributed by atoms with E-state index in [1.807, 2.05) is 0 Å². The zero-order chi connectivity index (χ0) is 16.4. The molecular formula is C19H26N4O. The number of fused-ring (bicyclic) bond motifs is 1. The number of hydrogen-bond donors (Lipinski definition) is 0. The summed E-state index contributed by atoms with van der Waals surface area (Å²) in [5.74, 6) is 1.72. The Morgan fingerprint density at radius 1 is 1.25 bits per heavy atom. The third-order valence-corrected chi connectivity index (χ3v) is 5.39. The standard InChI is InChI=1S/C19H26N4O/c1-2-23-14-20-21-19(23)18-13-22(9-10-24-18)12-15-7-8-16-5-3-4-6-17(16)11-15/h3-6,14-15,18H,2,7-13H2,1H3. The van der Waals surface area contributed by atoms with Gasteiger partial charge >= 0.3 is 0 Å². The Balaban J connectivity index is 1.39. The van der Waals surface area contributed by atoms with Crippen molar-refractivity contribution in [2.75, 3.05) is 26.2 Å². The summed E-state index contributed by atoms with van der Waals surface area (Å²) in [4.78, 5) is 2.56. The van der Waals surface area contributed by atoms with Gasteiger partial charge in [0.2, 0.25) is 0 Å². The first-order valence-electron chi connectivity index (χ1n) is 9.12. The number of morpholine rings is 1. The normalized spacial score (nSPS) is 24.7. The van der Waals surface area contributed by atoms with Crippen LogP contribution in [0.5, 0.6) is 0 Å². The van der Waals surface area contributed by atoms with Gasteiger partial charge in [-0.1, -0.05) is 24.3 Å². The Labute approximate surface area is 143 Å². The van der Waals surface area contributed by atoms with E-state index < -0.39 is 0 Å². The highest BCUT2D eigenvalue weighted by Crippen LogP contribution is 2.28. The molecule has 5 heteroatoms. The van der Waals surface area contributed by atoms with Crippen LogP contribution < -0.4 is 0 Å². The summed E-state index contributed by atoms with van der Waals surface area (Å²) in [7, 11) is 0. The van der Waals surface area contributed by atoms with E-state index in [2.05, 4.69) is 50.9 Å². The Morgan fingerprint density at radius 2 is 2.12 bits per heavy atom. The van der Waals surface area contributed by atoms with Crippen LogP contribution in [0.15, 0.2) is 30.6 Å². The fourth-order valence-corrected chi connectivity index (χ4v) is 4.08. The lowest BCUT2D eigenvalue weighted by Crippen LogP contribution is -2.42. The molecule has 0 amide bonds. The van der Waals surface area contributed by atoms with Crippen LogP contribution in [0.3, 0.4) is 0 Å². The van der Waals surface area contributed by atoms with Crippen LogP contribution in [0.2, 0.25) is 0 Å². The maximum Gasteiger partial charge on any atom is 0.163 e. The fourth-order valence-electron chi connectivity index (χ4n) is 4.08. The number of nitrogens with zero attached hydrogens (tertiary/aromatic N) is 4. The predicted octanol–water partition coefficient (Wildman–Crippen LogP) is 2.48. The van der Waals surface area contributed by atoms with Crippen molar-refractivity contribution in [1.29, 1.82) is 0 Å². The summed E-state index contributed by atoms with van der Waals surface area (Å²) < 4.78 is 8.06. The van der Waals surface area contributed by atoms with Crippen molar-refractivity contribution < 1.29 is 4.74 Å². The van der Waals surface area contributed by atoms with Gasteiger partial charge in [0.25, 0.3) is 0 Å². The molecule has 1 aromatic heterocycles. The zero-order valence-corrected chi connectivity index (χ0v) is 14.4. The van der Waals surface area contributed by atoms with Gasteiger partial charge in [-0.15, -0.1) is 10.2 Å². The minimum absolute atomic E-state index is 0.0528. The summed E-state index contributed by atoms with van der Waals surface area (Å²) in [6.45, 7) is 6.90. The molecule has 0 N–H and O–H groups in total. The van der Waals surface area contributed by atoms with Gasteiger partial charge in [0.05, 0.1) is 6.61 Å². The van der Waals surface area contributed by atoms with E-state index in [4.69, 9.17) is 4.74 Å². The molecule has 0 bridgehead atoms. The van der Waals surface area contributed by atoms with Gasteiger partial charge in [0, 0.05) is 26.2 Å². The monoisotopic (exact) mass is 326 g/mol. The second kappa shape index (κ2) is 7.03. The molecule has 4 rings (SSSR count). The Kier molecular flexibility index (Phi) is 4.63. The number of aromatic nitrogens is 3. The quantitative estimate of drug-likeness (QED) is 0.866. The average Bonchev–Trinajstić information content (AvgIpc) is 3.11. The summed E-state index contributed by atoms with van der Waals surface area (Å²) >= 11 is 0. The lowest BCUT2D eigenvalue weighted by Gasteiger charge is -2.36. The highest BCUT2D eigenvalue weighted by Gasteiger charge is 2.28. The van der Waals surface area contributed by atoms with Crippen molar-refractivity contribution in [2.45, 2.75) is 38.8 Å². The van der Waals surface area contributed by atoms with Gasteiger partial charge in [0.1, 0.15) is 12.4 Å². The number of hydrogen-bond acceptors (Lipinski definition) is 4. The molecule has 128 valence electrons. The van der Waals surface area contributed by atoms with Gasteiger partial charge < -0.3 is 9.30 Å². The number of aryl methyl sites for hydroxylation is 2. The molecule has 1 aromatic carbocycles. The highest BCUT2D eigenvalue weighted by molar-refractivity contribution is 5.29. The molecule has 2 atom stereocenters. The first-order valence-corrected chi connectivity index (χ1v) is 9.12. The molecule has 1 aliphatic carbocycles. The third kappa shape index (κ3) is 3.23. The molecule has 1 fully saturated rings. The highest BCUT2D eigenvalue weighted by atomic mass is 16.5. The number of benzene rings is 1. The second-order valence-electron chi connectivity index (χ2n) is 6.97. The van der Waals surface area contributed by atoms with E-state index >= 15 is 0 Å². The van der Waals surface area contributed by atoms with Gasteiger partial charge in [-0.2, -0.15) is 0 Å². The van der Waals surface area contributed by atoms with E-state index in [1.165, 1.54) is 19.3 Å². The van der Waals surface area contributed by atoms with E-state index in [9.17, 15) is 0 Å². The molecule has 1 aliphatic heterocycles. The lowest BCUT2D eigenvalue weighted by atomic mass is 9.83. The Morgan fingerprint density at radius 3 is 3.00 bits per heavy atom. The van der Waals surface area contributed by atoms with Crippen molar-refractivity contribution in [1.82, 2.24) is 19.7 Å². The summed E-state index contributed by atoms with van der Waals surface area (Å²) in [6, 6.07) is 8.92. The second-order valence-corrected chi connectivity index (χ2v) is 6.97. The maximum atomic E-state index is 5.98. The van der Waals surface area contributed by atoms with Crippen LogP contribution in [0.25, 0.3) is 0 Å². The summed E-state index contributed by atoms with van der Waals surface area (Å²) in [5, 5.41) is 8.33. The minimum atomic E-state index is 0.0528. The van der Waals surface area contributed by atoms with Crippen LogP contribution in [0.1, 0.15) is 36.4 Å². The molecule has 0 spiro atoms. The molecule has 2 heterocycles. The van der Waals surface area contributed by atoms with Crippen molar-refractivity contribution in [3.8, 4) is 0 Å². The predicted molar refractivity (Wildman–Crippen MR) is 92.8 cm³/mol. The smallest absolute Gasteiger partial charge is 0.163 e. The molecule has 1 saturated heterocycles. The van der Waals surface area contributed by atoms with Gasteiger partial charge in [-0.3, -0.25) is 4.90 Å². The van der Waals surface area contributed by atoms with Gasteiger partial charge in [-0.05, 0) is 43.2 Å². The molecule has 2 aliphatic rings. The van der Waals surface area contributed by atoms with Crippen LogP contribution in [0, 0.1) is 5.92 Å². The Hall–Kier alpha value is -1.72. The molecule has 0 saturated carbocycles. The minimum Gasteiger partial charge on any atom is -0.368 e. The van der Waals surface area contributed by atoms with Gasteiger partial charge in [-0.25, -0.2) is 0 Å². The van der Waals surface area contributed by atoms with E-state index in [0.717, 1.165) is 44.5 Å². The largest absolute Gasteiger partial charge is 0.368 e. The SMILES string of the molecule is CCn1cnnc1C1CN(CC2CCc3ccccc3C2)CCO1. The molecule has 2 aromatic rings. The molecule has 5 nitrogen and oxygen atoms in total. The first kappa shape index (κ1) is 15.8. The van der Waals surface area contributed by atoms with Crippen molar-refractivity contribution >= 4 is 0 Å². The lowest BCUT2D eigenvalue weighted by molar-refractivity contribution is -0.0408. The third-order valence-electron chi connectivity index (χ3n) is 5.39.